The fourth-order valence-corrected chi connectivity index (χ4v) is 3.47. The lowest BCUT2D eigenvalue weighted by Crippen LogP contribution is -2.12. The number of hydrogen-bond acceptors (Lipinski definition) is 6. The van der Waals surface area contributed by atoms with Crippen molar-refractivity contribution in [3.05, 3.63) is 66.1 Å². The van der Waals surface area contributed by atoms with Crippen LogP contribution in [0.25, 0.3) is 28.3 Å². The summed E-state index contributed by atoms with van der Waals surface area (Å²) in [6.07, 6.45) is -1.62. The van der Waals surface area contributed by atoms with Crippen molar-refractivity contribution in [3.63, 3.8) is 0 Å². The Morgan fingerprint density at radius 1 is 1.06 bits per heavy atom. The van der Waals surface area contributed by atoms with Gasteiger partial charge in [0.1, 0.15) is 22.8 Å². The molecule has 0 fully saturated rings. The molecule has 3 N–H and O–H groups in total. The molecule has 11 heteroatoms. The Labute approximate surface area is 190 Å². The molecule has 3 aromatic heterocycles. The van der Waals surface area contributed by atoms with Crippen LogP contribution in [0.15, 0.2) is 55.0 Å². The number of nitrogens with zero attached hydrogens (tertiary/aromatic N) is 4. The van der Waals surface area contributed by atoms with Gasteiger partial charge in [-0.3, -0.25) is 9.20 Å². The molecule has 4 rings (SSSR count). The summed E-state index contributed by atoms with van der Waals surface area (Å²) >= 11 is 0. The first-order chi connectivity index (χ1) is 16.1. The highest BCUT2D eigenvalue weighted by Crippen LogP contribution is 2.26. The number of aromatic carboxylic acids is 1. The van der Waals surface area contributed by atoms with E-state index in [0.29, 0.717) is 22.5 Å². The van der Waals surface area contributed by atoms with Crippen LogP contribution in [0.4, 0.5) is 19.0 Å². The highest BCUT2D eigenvalue weighted by atomic mass is 19.4. The number of carboxylic acids is 1. The molecule has 0 saturated carbocycles. The molecule has 0 radical (unpaired) electrons. The van der Waals surface area contributed by atoms with Gasteiger partial charge >= 0.3 is 12.1 Å². The number of alkyl halides is 3. The van der Waals surface area contributed by atoms with E-state index < -0.39 is 30.8 Å². The van der Waals surface area contributed by atoms with E-state index in [1.165, 1.54) is 0 Å². The number of pyridine rings is 1. The molecule has 4 aromatic rings. The molecular formula is C23H18F3N5O3. The second-order valence-corrected chi connectivity index (χ2v) is 7.62. The van der Waals surface area contributed by atoms with Gasteiger partial charge in [-0.05, 0) is 23.8 Å². The molecule has 34 heavy (non-hydrogen) atoms. The Hall–Kier alpha value is -4.28. The predicted molar refractivity (Wildman–Crippen MR) is 117 cm³/mol. The van der Waals surface area contributed by atoms with Gasteiger partial charge in [0.25, 0.3) is 0 Å². The van der Waals surface area contributed by atoms with Gasteiger partial charge in [0.05, 0.1) is 18.3 Å². The zero-order chi connectivity index (χ0) is 24.5. The predicted octanol–water partition coefficient (Wildman–Crippen LogP) is 4.19. The van der Waals surface area contributed by atoms with E-state index in [0.717, 1.165) is 11.8 Å². The zero-order valence-corrected chi connectivity index (χ0v) is 17.6. The number of imidazole rings is 1. The summed E-state index contributed by atoms with van der Waals surface area (Å²) in [5.41, 5.74) is 8.73. The Balaban J connectivity index is 1.58. The van der Waals surface area contributed by atoms with Crippen molar-refractivity contribution < 1.29 is 27.9 Å². The van der Waals surface area contributed by atoms with Crippen molar-refractivity contribution in [1.29, 1.82) is 0 Å². The molecule has 174 valence electrons. The SMILES string of the molecule is Nc1nc(-c2ccn3c(-c4cccc(CC(=O)CCC(F)(F)F)c4)cnc3c2)ncc1C(=O)O. The standard InChI is InChI=1S/C23H18F3N5O3/c24-23(25,26)6-4-16(32)9-13-2-1-3-14(8-13)18-12-28-19-10-15(5-7-31(18)19)21-29-11-17(22(33)34)20(27)30-21/h1-3,5,7-8,10-12H,4,6,9H2,(H,33,34)(H2,27,29,30). The van der Waals surface area contributed by atoms with E-state index in [2.05, 4.69) is 15.0 Å². The average molecular weight is 469 g/mol. The number of ketones is 1. The van der Waals surface area contributed by atoms with Gasteiger partial charge in [0, 0.05) is 36.4 Å². The summed E-state index contributed by atoms with van der Waals surface area (Å²) in [7, 11) is 0. The summed E-state index contributed by atoms with van der Waals surface area (Å²) in [5.74, 6) is -1.61. The molecule has 0 amide bonds. The zero-order valence-electron chi connectivity index (χ0n) is 17.6. The third-order valence-corrected chi connectivity index (χ3v) is 5.13. The number of benzene rings is 1. The molecule has 0 saturated heterocycles. The normalized spacial score (nSPS) is 11.6. The maximum Gasteiger partial charge on any atom is 0.389 e. The summed E-state index contributed by atoms with van der Waals surface area (Å²) in [4.78, 5) is 35.6. The van der Waals surface area contributed by atoms with E-state index in [1.807, 2.05) is 6.07 Å². The van der Waals surface area contributed by atoms with Crippen molar-refractivity contribution in [2.45, 2.75) is 25.4 Å². The minimum atomic E-state index is -4.36. The van der Waals surface area contributed by atoms with Crippen molar-refractivity contribution in [3.8, 4) is 22.6 Å². The van der Waals surface area contributed by atoms with E-state index >= 15 is 0 Å². The smallest absolute Gasteiger partial charge is 0.389 e. The first-order valence-electron chi connectivity index (χ1n) is 10.1. The molecule has 0 aliphatic rings. The van der Waals surface area contributed by atoms with E-state index in [9.17, 15) is 22.8 Å². The molecule has 0 unspecified atom stereocenters. The fraction of sp³-hybridized carbons (Fsp3) is 0.174. The summed E-state index contributed by atoms with van der Waals surface area (Å²) in [6, 6.07) is 10.4. The summed E-state index contributed by atoms with van der Waals surface area (Å²) in [5, 5.41) is 9.07. The Morgan fingerprint density at radius 2 is 1.85 bits per heavy atom. The second kappa shape index (κ2) is 8.93. The lowest BCUT2D eigenvalue weighted by Gasteiger charge is -2.08. The Morgan fingerprint density at radius 3 is 2.56 bits per heavy atom. The molecule has 0 aliphatic heterocycles. The van der Waals surface area contributed by atoms with Crippen LogP contribution in [0.2, 0.25) is 0 Å². The van der Waals surface area contributed by atoms with Gasteiger partial charge < -0.3 is 10.8 Å². The molecule has 0 spiro atoms. The number of carbonyl (C=O) groups is 2. The van der Waals surface area contributed by atoms with Crippen molar-refractivity contribution in [1.82, 2.24) is 19.4 Å². The molecule has 3 heterocycles. The minimum absolute atomic E-state index is 0.0874. The third-order valence-electron chi connectivity index (χ3n) is 5.13. The van der Waals surface area contributed by atoms with E-state index in [4.69, 9.17) is 10.8 Å². The molecule has 0 aliphatic carbocycles. The third kappa shape index (κ3) is 5.03. The first kappa shape index (κ1) is 22.9. The quantitative estimate of drug-likeness (QED) is 0.416. The first-order valence-corrected chi connectivity index (χ1v) is 10.1. The maximum atomic E-state index is 12.4. The van der Waals surface area contributed by atoms with E-state index in [-0.39, 0.29) is 23.6 Å². The number of rotatable bonds is 7. The monoisotopic (exact) mass is 469 g/mol. The van der Waals surface area contributed by atoms with Crippen LogP contribution < -0.4 is 5.73 Å². The molecule has 8 nitrogen and oxygen atoms in total. The van der Waals surface area contributed by atoms with Crippen LogP contribution in [0.3, 0.4) is 0 Å². The summed E-state index contributed by atoms with van der Waals surface area (Å²) < 4.78 is 38.9. The van der Waals surface area contributed by atoms with Gasteiger partial charge in [-0.15, -0.1) is 0 Å². The van der Waals surface area contributed by atoms with Gasteiger partial charge in [0.15, 0.2) is 5.82 Å². The highest BCUT2D eigenvalue weighted by Gasteiger charge is 2.27. The number of anilines is 1. The van der Waals surface area contributed by atoms with Crippen molar-refractivity contribution >= 4 is 23.2 Å². The van der Waals surface area contributed by atoms with Gasteiger partial charge in [-0.25, -0.2) is 19.7 Å². The maximum absolute atomic E-state index is 12.4. The van der Waals surface area contributed by atoms with Gasteiger partial charge in [-0.2, -0.15) is 13.2 Å². The molecule has 0 bridgehead atoms. The Bertz CT molecular complexity index is 1400. The number of Topliss-reactive ketones (excluding diaryl/α,β-unsaturated/α-hetero) is 1. The number of carbonyl (C=O) groups excluding carboxylic acids is 1. The summed E-state index contributed by atoms with van der Waals surface area (Å²) in [6.45, 7) is 0. The lowest BCUT2D eigenvalue weighted by atomic mass is 10.0. The van der Waals surface area contributed by atoms with Crippen LogP contribution in [0.1, 0.15) is 28.8 Å². The van der Waals surface area contributed by atoms with E-state index in [1.54, 1.807) is 47.1 Å². The van der Waals surface area contributed by atoms with Crippen molar-refractivity contribution in [2.24, 2.45) is 0 Å². The van der Waals surface area contributed by atoms with Crippen LogP contribution in [-0.4, -0.2) is 42.4 Å². The van der Waals surface area contributed by atoms with Crippen molar-refractivity contribution in [2.75, 3.05) is 5.73 Å². The number of carboxylic acid groups (broad SMARTS) is 1. The van der Waals surface area contributed by atoms with Crippen LogP contribution in [-0.2, 0) is 11.2 Å². The minimum Gasteiger partial charge on any atom is -0.477 e. The Kier molecular flexibility index (Phi) is 6.01. The fourth-order valence-electron chi connectivity index (χ4n) is 3.47. The van der Waals surface area contributed by atoms with Crippen LogP contribution >= 0.6 is 0 Å². The number of nitrogens with two attached hydrogens (primary N) is 1. The molecule has 0 atom stereocenters. The number of hydrogen-bond donors (Lipinski definition) is 2. The topological polar surface area (TPSA) is 123 Å². The number of aromatic nitrogens is 4. The highest BCUT2D eigenvalue weighted by molar-refractivity contribution is 5.92. The van der Waals surface area contributed by atoms with Crippen LogP contribution in [0.5, 0.6) is 0 Å². The second-order valence-electron chi connectivity index (χ2n) is 7.62. The molecule has 1 aromatic carbocycles. The number of nitrogen functional groups attached to an aromatic ring is 1. The van der Waals surface area contributed by atoms with Gasteiger partial charge in [0.2, 0.25) is 0 Å². The largest absolute Gasteiger partial charge is 0.477 e. The van der Waals surface area contributed by atoms with Gasteiger partial charge in [-0.1, -0.05) is 18.2 Å². The lowest BCUT2D eigenvalue weighted by molar-refractivity contribution is -0.143. The van der Waals surface area contributed by atoms with Crippen LogP contribution in [0, 0.1) is 0 Å². The number of halogens is 3. The average Bonchev–Trinajstić information content (AvgIpc) is 3.20. The number of fused-ring (bicyclic) bond motifs is 1. The molecular weight excluding hydrogens is 451 g/mol.